The summed E-state index contributed by atoms with van der Waals surface area (Å²) >= 11 is 0. The topological polar surface area (TPSA) is 104 Å². The number of piperidine rings is 1. The molecular formula is C21H25ClN2O5. The first-order chi connectivity index (χ1) is 13.4. The quantitative estimate of drug-likeness (QED) is 0.304. The number of hydrogen-bond donors (Lipinski definition) is 2. The lowest BCUT2D eigenvalue weighted by atomic mass is 9.90. The maximum atomic E-state index is 12.4. The standard InChI is InChI=1S/C21H24N2O5.ClH/c24-19(17-13-18(23(27)28)21(26)20(25)14-17)8-11-22-9-6-16(7-10-22)12-15-4-2-1-3-5-15;/h1-5,13-14,16,25-26H,6-12H2;1H. The Morgan fingerprint density at radius 3 is 2.41 bits per heavy atom. The van der Waals surface area contributed by atoms with E-state index in [0.717, 1.165) is 44.5 Å². The van der Waals surface area contributed by atoms with Crippen LogP contribution in [0, 0.1) is 16.0 Å². The van der Waals surface area contributed by atoms with Crippen molar-refractivity contribution in [3.8, 4) is 11.5 Å². The molecule has 0 atom stereocenters. The van der Waals surface area contributed by atoms with E-state index in [9.17, 15) is 25.1 Å². The number of likely N-dealkylation sites (tertiary alicyclic amines) is 1. The molecule has 0 bridgehead atoms. The predicted molar refractivity (Wildman–Crippen MR) is 112 cm³/mol. The lowest BCUT2D eigenvalue weighted by Gasteiger charge is -2.31. The van der Waals surface area contributed by atoms with Crippen LogP contribution in [0.4, 0.5) is 5.69 Å². The Morgan fingerprint density at radius 1 is 1.14 bits per heavy atom. The highest BCUT2D eigenvalue weighted by atomic mass is 35.5. The van der Waals surface area contributed by atoms with Crippen LogP contribution in [0.25, 0.3) is 0 Å². The normalized spacial score (nSPS) is 14.9. The summed E-state index contributed by atoms with van der Waals surface area (Å²) in [6, 6.07) is 12.5. The van der Waals surface area contributed by atoms with Crippen LogP contribution in [0.5, 0.6) is 11.5 Å². The van der Waals surface area contributed by atoms with E-state index in [1.165, 1.54) is 5.56 Å². The Bertz CT molecular complexity index is 852. The highest BCUT2D eigenvalue weighted by Gasteiger charge is 2.23. The Hall–Kier alpha value is -2.64. The Kier molecular flexibility index (Phi) is 7.99. The van der Waals surface area contributed by atoms with Crippen LogP contribution in [0.1, 0.15) is 35.2 Å². The van der Waals surface area contributed by atoms with Crippen LogP contribution < -0.4 is 0 Å². The van der Waals surface area contributed by atoms with Crippen molar-refractivity contribution in [1.82, 2.24) is 4.90 Å². The molecule has 2 N–H and O–H groups in total. The van der Waals surface area contributed by atoms with Gasteiger partial charge in [-0.05, 0) is 49.9 Å². The van der Waals surface area contributed by atoms with Crippen LogP contribution in [-0.2, 0) is 6.42 Å². The Labute approximate surface area is 175 Å². The zero-order chi connectivity index (χ0) is 20.1. The zero-order valence-corrected chi connectivity index (χ0v) is 16.8. The van der Waals surface area contributed by atoms with E-state index < -0.39 is 22.1 Å². The van der Waals surface area contributed by atoms with Gasteiger partial charge in [-0.1, -0.05) is 30.3 Å². The number of benzene rings is 2. The fourth-order valence-corrected chi connectivity index (χ4v) is 3.67. The number of Topliss-reactive ketones (excluding diaryl/α,β-unsaturated/α-hetero) is 1. The van der Waals surface area contributed by atoms with Gasteiger partial charge in [0.2, 0.25) is 5.75 Å². The van der Waals surface area contributed by atoms with E-state index in [2.05, 4.69) is 29.2 Å². The molecule has 1 saturated heterocycles. The molecule has 0 aromatic heterocycles. The van der Waals surface area contributed by atoms with Crippen molar-refractivity contribution in [2.24, 2.45) is 5.92 Å². The third-order valence-electron chi connectivity index (χ3n) is 5.32. The van der Waals surface area contributed by atoms with Crippen molar-refractivity contribution in [3.63, 3.8) is 0 Å². The molecule has 0 radical (unpaired) electrons. The predicted octanol–water partition coefficient (Wildman–Crippen LogP) is 3.96. The zero-order valence-electron chi connectivity index (χ0n) is 16.0. The third-order valence-corrected chi connectivity index (χ3v) is 5.32. The fraction of sp³-hybridized carbons (Fsp3) is 0.381. The lowest BCUT2D eigenvalue weighted by molar-refractivity contribution is -0.386. The van der Waals surface area contributed by atoms with Gasteiger partial charge in [-0.25, -0.2) is 0 Å². The molecular weight excluding hydrogens is 396 g/mol. The van der Waals surface area contributed by atoms with Crippen LogP contribution in [0.15, 0.2) is 42.5 Å². The molecule has 0 amide bonds. The molecule has 2 aromatic rings. The molecule has 3 rings (SSSR count). The van der Waals surface area contributed by atoms with Gasteiger partial charge in [0.15, 0.2) is 11.5 Å². The average molecular weight is 421 g/mol. The summed E-state index contributed by atoms with van der Waals surface area (Å²) in [6.07, 6.45) is 3.44. The molecule has 8 heteroatoms. The van der Waals surface area contributed by atoms with Gasteiger partial charge in [0.05, 0.1) is 4.92 Å². The number of carbonyl (C=O) groups excluding carboxylic acids is 1. The van der Waals surface area contributed by atoms with E-state index in [-0.39, 0.29) is 30.2 Å². The fourth-order valence-electron chi connectivity index (χ4n) is 3.67. The van der Waals surface area contributed by atoms with Crippen LogP contribution in [0.3, 0.4) is 0 Å². The summed E-state index contributed by atoms with van der Waals surface area (Å²) in [7, 11) is 0. The van der Waals surface area contributed by atoms with Crippen molar-refractivity contribution in [3.05, 3.63) is 63.7 Å². The van der Waals surface area contributed by atoms with Crippen molar-refractivity contribution in [1.29, 1.82) is 0 Å². The molecule has 7 nitrogen and oxygen atoms in total. The molecule has 1 heterocycles. The summed E-state index contributed by atoms with van der Waals surface area (Å²) in [4.78, 5) is 24.7. The molecule has 0 spiro atoms. The van der Waals surface area contributed by atoms with E-state index in [4.69, 9.17) is 0 Å². The Balaban J connectivity index is 0.00000300. The number of nitro benzene ring substituents is 1. The number of rotatable bonds is 7. The minimum absolute atomic E-state index is 0. The van der Waals surface area contributed by atoms with E-state index in [0.29, 0.717) is 12.5 Å². The summed E-state index contributed by atoms with van der Waals surface area (Å²) in [5.74, 6) is -1.11. The van der Waals surface area contributed by atoms with Gasteiger partial charge in [-0.3, -0.25) is 14.9 Å². The first-order valence-electron chi connectivity index (χ1n) is 9.44. The molecule has 1 aliphatic rings. The van der Waals surface area contributed by atoms with Crippen LogP contribution in [-0.4, -0.2) is 45.5 Å². The van der Waals surface area contributed by atoms with Gasteiger partial charge in [-0.15, -0.1) is 12.4 Å². The number of nitro groups is 1. The van der Waals surface area contributed by atoms with E-state index >= 15 is 0 Å². The molecule has 0 aliphatic carbocycles. The molecule has 2 aromatic carbocycles. The van der Waals surface area contributed by atoms with Gasteiger partial charge in [0.25, 0.3) is 0 Å². The smallest absolute Gasteiger partial charge is 0.315 e. The average Bonchev–Trinajstić information content (AvgIpc) is 2.69. The van der Waals surface area contributed by atoms with E-state index in [1.807, 2.05) is 6.07 Å². The number of nitrogens with zero attached hydrogens (tertiary/aromatic N) is 2. The molecule has 0 unspecified atom stereocenters. The number of carbonyl (C=O) groups is 1. The second-order valence-electron chi connectivity index (χ2n) is 7.27. The number of hydrogen-bond acceptors (Lipinski definition) is 6. The molecule has 0 saturated carbocycles. The number of halogens is 1. The largest absolute Gasteiger partial charge is 0.504 e. The minimum Gasteiger partial charge on any atom is -0.504 e. The van der Waals surface area contributed by atoms with Gasteiger partial charge < -0.3 is 15.1 Å². The lowest BCUT2D eigenvalue weighted by Crippen LogP contribution is -2.35. The second-order valence-corrected chi connectivity index (χ2v) is 7.27. The molecule has 156 valence electrons. The highest BCUT2D eigenvalue weighted by molar-refractivity contribution is 5.97. The van der Waals surface area contributed by atoms with Gasteiger partial charge in [-0.2, -0.15) is 0 Å². The van der Waals surface area contributed by atoms with Crippen LogP contribution >= 0.6 is 12.4 Å². The maximum Gasteiger partial charge on any atom is 0.315 e. The van der Waals surface area contributed by atoms with Crippen molar-refractivity contribution < 1.29 is 19.9 Å². The van der Waals surface area contributed by atoms with Crippen molar-refractivity contribution >= 4 is 23.9 Å². The summed E-state index contributed by atoms with van der Waals surface area (Å²) in [6.45, 7) is 2.42. The number of ketones is 1. The van der Waals surface area contributed by atoms with Crippen molar-refractivity contribution in [2.75, 3.05) is 19.6 Å². The number of phenolic OH excluding ortho intramolecular Hbond substituents is 2. The first-order valence-corrected chi connectivity index (χ1v) is 9.44. The minimum atomic E-state index is -0.818. The monoisotopic (exact) mass is 420 g/mol. The van der Waals surface area contributed by atoms with Crippen LogP contribution in [0.2, 0.25) is 0 Å². The molecule has 1 fully saturated rings. The van der Waals surface area contributed by atoms with E-state index in [1.54, 1.807) is 0 Å². The summed E-state index contributed by atoms with van der Waals surface area (Å²) < 4.78 is 0. The summed E-state index contributed by atoms with van der Waals surface area (Å²) in [5, 5.41) is 30.1. The highest BCUT2D eigenvalue weighted by Crippen LogP contribution is 2.36. The molecule has 1 aliphatic heterocycles. The SMILES string of the molecule is Cl.O=C(CCN1CCC(Cc2ccccc2)CC1)c1cc(O)c(O)c([N+](=O)[O-])c1. The second kappa shape index (κ2) is 10.2. The van der Waals surface area contributed by atoms with Gasteiger partial charge in [0.1, 0.15) is 0 Å². The number of phenols is 2. The first kappa shape index (κ1) is 22.6. The Morgan fingerprint density at radius 2 is 1.79 bits per heavy atom. The number of aromatic hydroxyl groups is 2. The van der Waals surface area contributed by atoms with Gasteiger partial charge >= 0.3 is 5.69 Å². The maximum absolute atomic E-state index is 12.4. The third kappa shape index (κ3) is 5.92. The van der Waals surface area contributed by atoms with Crippen molar-refractivity contribution in [2.45, 2.75) is 25.7 Å². The summed E-state index contributed by atoms with van der Waals surface area (Å²) in [5.41, 5.74) is 0.732. The van der Waals surface area contributed by atoms with Gasteiger partial charge in [0, 0.05) is 24.6 Å². The molecule has 29 heavy (non-hydrogen) atoms.